The number of piperazine rings is 1. The molecular formula is C29H31N3O. The molecule has 4 atom stereocenters. The molecule has 3 fully saturated rings. The third-order valence-electron chi connectivity index (χ3n) is 8.38. The van der Waals surface area contributed by atoms with Crippen LogP contribution < -0.4 is 9.96 Å². The summed E-state index contributed by atoms with van der Waals surface area (Å²) in [5.41, 5.74) is 6.92. The number of hydroxylamine groups is 1. The number of anilines is 2. The molecule has 168 valence electrons. The molecule has 3 aromatic rings. The van der Waals surface area contributed by atoms with Crippen molar-refractivity contribution in [3.63, 3.8) is 0 Å². The number of benzene rings is 3. The number of hydrogen-bond donors (Lipinski definition) is 0. The van der Waals surface area contributed by atoms with Crippen LogP contribution in [0.2, 0.25) is 0 Å². The van der Waals surface area contributed by atoms with Crippen LogP contribution in [-0.2, 0) is 11.3 Å². The predicted molar refractivity (Wildman–Crippen MR) is 133 cm³/mol. The fourth-order valence-corrected chi connectivity index (χ4v) is 6.85. The van der Waals surface area contributed by atoms with Crippen molar-refractivity contribution in [2.75, 3.05) is 36.1 Å². The Morgan fingerprint density at radius 1 is 0.697 bits per heavy atom. The SMILES string of the molecule is c1ccc(N2CCN([C@H]3CC[C@H]4ON5c6ccccc6Cc6ccccc6C5[C@H]43)CC2)cc1. The van der Waals surface area contributed by atoms with E-state index in [0.29, 0.717) is 24.1 Å². The zero-order valence-electron chi connectivity index (χ0n) is 19.0. The average molecular weight is 438 g/mol. The maximum atomic E-state index is 6.76. The lowest BCUT2D eigenvalue weighted by Crippen LogP contribution is -2.52. The Balaban J connectivity index is 1.20. The Labute approximate surface area is 196 Å². The number of fused-ring (bicyclic) bond motifs is 7. The largest absolute Gasteiger partial charge is 0.369 e. The summed E-state index contributed by atoms with van der Waals surface area (Å²) in [6, 6.07) is 29.7. The third-order valence-corrected chi connectivity index (χ3v) is 8.38. The Morgan fingerprint density at radius 2 is 1.42 bits per heavy atom. The molecule has 1 unspecified atom stereocenters. The lowest BCUT2D eigenvalue weighted by molar-refractivity contribution is 0.0724. The topological polar surface area (TPSA) is 19.0 Å². The van der Waals surface area contributed by atoms with Crippen LogP contribution in [0.25, 0.3) is 0 Å². The highest BCUT2D eigenvalue weighted by Gasteiger charge is 2.54. The van der Waals surface area contributed by atoms with Gasteiger partial charge in [-0.05, 0) is 54.2 Å². The molecule has 0 bridgehead atoms. The number of nitrogens with zero attached hydrogens (tertiary/aromatic N) is 3. The van der Waals surface area contributed by atoms with Crippen molar-refractivity contribution < 1.29 is 4.84 Å². The van der Waals surface area contributed by atoms with Gasteiger partial charge in [0.05, 0.1) is 17.8 Å². The quantitative estimate of drug-likeness (QED) is 0.558. The number of para-hydroxylation sites is 2. The summed E-state index contributed by atoms with van der Waals surface area (Å²) in [5.74, 6) is 0.514. The monoisotopic (exact) mass is 437 g/mol. The van der Waals surface area contributed by atoms with Gasteiger partial charge in [-0.3, -0.25) is 9.74 Å². The summed E-state index contributed by atoms with van der Waals surface area (Å²) >= 11 is 0. The molecule has 3 aliphatic heterocycles. The highest BCUT2D eigenvalue weighted by atomic mass is 16.7. The molecule has 0 N–H and O–H groups in total. The van der Waals surface area contributed by atoms with Gasteiger partial charge in [0, 0.05) is 43.8 Å². The fourth-order valence-electron chi connectivity index (χ4n) is 6.85. The van der Waals surface area contributed by atoms with Gasteiger partial charge in [-0.25, -0.2) is 5.06 Å². The Kier molecular flexibility index (Phi) is 4.70. The summed E-state index contributed by atoms with van der Waals surface area (Å²) in [4.78, 5) is 12.1. The minimum atomic E-state index is 0.300. The van der Waals surface area contributed by atoms with Crippen LogP contribution in [0.5, 0.6) is 0 Å². The molecule has 0 spiro atoms. The second-order valence-electron chi connectivity index (χ2n) is 10.00. The lowest BCUT2D eigenvalue weighted by atomic mass is 9.85. The molecule has 1 aliphatic carbocycles. The molecule has 4 aliphatic rings. The molecule has 0 radical (unpaired) electrons. The molecule has 4 heteroatoms. The second kappa shape index (κ2) is 7.89. The first-order chi connectivity index (χ1) is 16.4. The van der Waals surface area contributed by atoms with E-state index < -0.39 is 0 Å². The molecule has 4 nitrogen and oxygen atoms in total. The van der Waals surface area contributed by atoms with Crippen molar-refractivity contribution in [2.45, 2.75) is 37.5 Å². The van der Waals surface area contributed by atoms with Crippen molar-refractivity contribution in [3.8, 4) is 0 Å². The molecule has 2 saturated heterocycles. The Morgan fingerprint density at radius 3 is 2.27 bits per heavy atom. The van der Waals surface area contributed by atoms with Gasteiger partial charge in [0.2, 0.25) is 0 Å². The minimum absolute atomic E-state index is 0.300. The zero-order chi connectivity index (χ0) is 21.8. The summed E-state index contributed by atoms with van der Waals surface area (Å²) < 4.78 is 0. The smallest absolute Gasteiger partial charge is 0.0924 e. The van der Waals surface area contributed by atoms with Gasteiger partial charge in [0.15, 0.2) is 0 Å². The first kappa shape index (κ1) is 19.6. The first-order valence-corrected chi connectivity index (χ1v) is 12.5. The normalized spacial score (nSPS) is 28.6. The maximum Gasteiger partial charge on any atom is 0.0924 e. The van der Waals surface area contributed by atoms with E-state index in [0.717, 1.165) is 39.0 Å². The van der Waals surface area contributed by atoms with Crippen LogP contribution in [0.3, 0.4) is 0 Å². The maximum absolute atomic E-state index is 6.76. The highest BCUT2D eigenvalue weighted by Crippen LogP contribution is 2.53. The molecular weight excluding hydrogens is 406 g/mol. The summed E-state index contributed by atoms with van der Waals surface area (Å²) in [7, 11) is 0. The predicted octanol–water partition coefficient (Wildman–Crippen LogP) is 5.05. The lowest BCUT2D eigenvalue weighted by Gasteiger charge is -2.42. The van der Waals surface area contributed by atoms with E-state index in [1.807, 2.05) is 0 Å². The first-order valence-electron chi connectivity index (χ1n) is 12.5. The van der Waals surface area contributed by atoms with E-state index in [9.17, 15) is 0 Å². The Hall–Kier alpha value is -2.82. The number of hydrogen-bond acceptors (Lipinski definition) is 4. The third kappa shape index (κ3) is 3.19. The van der Waals surface area contributed by atoms with E-state index in [1.165, 1.54) is 34.5 Å². The minimum Gasteiger partial charge on any atom is -0.369 e. The van der Waals surface area contributed by atoms with E-state index in [1.54, 1.807) is 0 Å². The van der Waals surface area contributed by atoms with Gasteiger partial charge in [-0.15, -0.1) is 0 Å². The Bertz CT molecular complexity index is 1140. The van der Waals surface area contributed by atoms with Crippen LogP contribution in [0.4, 0.5) is 11.4 Å². The van der Waals surface area contributed by atoms with Crippen molar-refractivity contribution in [1.29, 1.82) is 0 Å². The van der Waals surface area contributed by atoms with Crippen LogP contribution in [-0.4, -0.2) is 43.2 Å². The van der Waals surface area contributed by atoms with Gasteiger partial charge in [-0.2, -0.15) is 0 Å². The van der Waals surface area contributed by atoms with Gasteiger partial charge in [0.25, 0.3) is 0 Å². The van der Waals surface area contributed by atoms with Crippen LogP contribution in [0.15, 0.2) is 78.9 Å². The van der Waals surface area contributed by atoms with Crippen molar-refractivity contribution in [1.82, 2.24) is 4.90 Å². The molecule has 1 saturated carbocycles. The fraction of sp³-hybridized carbons (Fsp3) is 0.379. The average Bonchev–Trinajstić information content (AvgIpc) is 3.41. The van der Waals surface area contributed by atoms with Gasteiger partial charge in [-0.1, -0.05) is 60.7 Å². The van der Waals surface area contributed by atoms with Crippen molar-refractivity contribution >= 4 is 11.4 Å². The molecule has 33 heavy (non-hydrogen) atoms. The molecule has 3 aromatic carbocycles. The van der Waals surface area contributed by atoms with Crippen LogP contribution in [0, 0.1) is 5.92 Å². The van der Waals surface area contributed by atoms with Crippen molar-refractivity contribution in [2.24, 2.45) is 5.92 Å². The molecule has 0 amide bonds. The van der Waals surface area contributed by atoms with E-state index in [4.69, 9.17) is 4.84 Å². The van der Waals surface area contributed by atoms with Gasteiger partial charge in [0.1, 0.15) is 0 Å². The summed E-state index contributed by atoms with van der Waals surface area (Å²) in [6.07, 6.45) is 3.70. The number of rotatable bonds is 2. The van der Waals surface area contributed by atoms with E-state index in [-0.39, 0.29) is 0 Å². The summed E-state index contributed by atoms with van der Waals surface area (Å²) in [5, 5.41) is 2.29. The van der Waals surface area contributed by atoms with Crippen LogP contribution in [0.1, 0.15) is 35.6 Å². The molecule has 7 rings (SSSR count). The standard InChI is InChI=1S/C29H31N3O/c1-2-10-23(11-3-1)30-16-18-31(19-17-30)26-14-15-27-28(26)29-24-12-6-4-8-21(24)20-22-9-5-7-13-25(22)32(29)33-27/h1-13,26-29H,14-20H2/t26-,27+,28-,29?/m0/s1. The van der Waals surface area contributed by atoms with Crippen molar-refractivity contribution in [3.05, 3.63) is 95.6 Å². The van der Waals surface area contributed by atoms with Crippen LogP contribution >= 0.6 is 0 Å². The molecule has 0 aromatic heterocycles. The second-order valence-corrected chi connectivity index (χ2v) is 10.00. The molecule has 3 heterocycles. The highest BCUT2D eigenvalue weighted by molar-refractivity contribution is 5.59. The van der Waals surface area contributed by atoms with E-state index >= 15 is 0 Å². The summed E-state index contributed by atoms with van der Waals surface area (Å²) in [6.45, 7) is 4.47. The van der Waals surface area contributed by atoms with Gasteiger partial charge >= 0.3 is 0 Å². The zero-order valence-corrected chi connectivity index (χ0v) is 19.0. The van der Waals surface area contributed by atoms with E-state index in [2.05, 4.69) is 93.7 Å². The van der Waals surface area contributed by atoms with Gasteiger partial charge < -0.3 is 4.90 Å².